The maximum Gasteiger partial charge on any atom is 0.344 e. The summed E-state index contributed by atoms with van der Waals surface area (Å²) in [6, 6.07) is 22.1. The van der Waals surface area contributed by atoms with Gasteiger partial charge in [-0.05, 0) is 41.5 Å². The van der Waals surface area contributed by atoms with Gasteiger partial charge in [-0.25, -0.2) is 4.79 Å². The van der Waals surface area contributed by atoms with E-state index in [4.69, 9.17) is 27.6 Å². The van der Waals surface area contributed by atoms with Gasteiger partial charge in [0.05, 0.1) is 5.56 Å². The van der Waals surface area contributed by atoms with Crippen LogP contribution in [0.5, 0.6) is 0 Å². The van der Waals surface area contributed by atoms with Gasteiger partial charge in [0.1, 0.15) is 5.58 Å². The van der Waals surface area contributed by atoms with Crippen molar-refractivity contribution in [3.8, 4) is 22.3 Å². The lowest BCUT2D eigenvalue weighted by Crippen LogP contribution is -2.06. The Balaban J connectivity index is 2.12. The summed E-state index contributed by atoms with van der Waals surface area (Å²) in [5, 5.41) is 2.13. The van der Waals surface area contributed by atoms with E-state index in [9.17, 15) is 4.79 Å². The molecule has 0 spiro atoms. The number of halogens is 2. The Hall–Kier alpha value is -2.55. The predicted octanol–water partition coefficient (Wildman–Crippen LogP) is 6.43. The number of benzene rings is 3. The molecule has 4 aromatic rings. The summed E-state index contributed by atoms with van der Waals surface area (Å²) >= 11 is 12.0. The van der Waals surface area contributed by atoms with Crippen LogP contribution in [0.25, 0.3) is 33.2 Å². The predicted molar refractivity (Wildman–Crippen MR) is 103 cm³/mol. The van der Waals surface area contributed by atoms with Crippen molar-refractivity contribution in [3.63, 3.8) is 0 Å². The summed E-state index contributed by atoms with van der Waals surface area (Å²) in [7, 11) is 0. The molecule has 0 fully saturated rings. The Morgan fingerprint density at radius 3 is 1.76 bits per heavy atom. The molecular weight excluding hydrogens is 355 g/mol. The van der Waals surface area contributed by atoms with Gasteiger partial charge >= 0.3 is 5.63 Å². The maximum absolute atomic E-state index is 12.8. The molecule has 0 radical (unpaired) electrons. The Kier molecular flexibility index (Phi) is 4.08. The van der Waals surface area contributed by atoms with Crippen molar-refractivity contribution >= 4 is 34.2 Å². The molecular formula is C21H12Cl2O2. The highest BCUT2D eigenvalue weighted by Crippen LogP contribution is 2.36. The van der Waals surface area contributed by atoms with Crippen molar-refractivity contribution in [2.24, 2.45) is 0 Å². The van der Waals surface area contributed by atoms with Crippen LogP contribution in [0.3, 0.4) is 0 Å². The summed E-state index contributed by atoms with van der Waals surface area (Å²) in [5.41, 5.74) is 3.16. The molecule has 0 amide bonds. The Bertz CT molecular complexity index is 1110. The summed E-state index contributed by atoms with van der Waals surface area (Å²) in [5.74, 6) is 0. The first-order valence-corrected chi connectivity index (χ1v) is 8.47. The van der Waals surface area contributed by atoms with Gasteiger partial charge in [-0.2, -0.15) is 0 Å². The zero-order valence-corrected chi connectivity index (χ0v) is 14.5. The van der Waals surface area contributed by atoms with E-state index in [2.05, 4.69) is 0 Å². The zero-order valence-electron chi connectivity index (χ0n) is 13.0. The fraction of sp³-hybridized carbons (Fsp3) is 0. The molecule has 0 bridgehead atoms. The van der Waals surface area contributed by atoms with Crippen molar-refractivity contribution in [2.75, 3.05) is 0 Å². The molecule has 0 aliphatic carbocycles. The molecule has 0 saturated heterocycles. The van der Waals surface area contributed by atoms with Gasteiger partial charge in [0, 0.05) is 21.0 Å². The van der Waals surface area contributed by atoms with E-state index < -0.39 is 0 Å². The lowest BCUT2D eigenvalue weighted by atomic mass is 9.93. The van der Waals surface area contributed by atoms with Crippen LogP contribution >= 0.6 is 23.2 Å². The lowest BCUT2D eigenvalue weighted by molar-refractivity contribution is 0.564. The monoisotopic (exact) mass is 366 g/mol. The van der Waals surface area contributed by atoms with E-state index in [1.165, 1.54) is 0 Å². The van der Waals surface area contributed by atoms with E-state index in [0.29, 0.717) is 21.2 Å². The van der Waals surface area contributed by atoms with Crippen molar-refractivity contribution in [2.45, 2.75) is 0 Å². The minimum atomic E-state index is -0.383. The molecule has 0 saturated carbocycles. The van der Waals surface area contributed by atoms with Gasteiger partial charge in [0.25, 0.3) is 0 Å². The fourth-order valence-corrected chi connectivity index (χ4v) is 3.20. The van der Waals surface area contributed by atoms with E-state index in [-0.39, 0.29) is 5.63 Å². The van der Waals surface area contributed by atoms with Crippen LogP contribution in [-0.4, -0.2) is 0 Å². The molecule has 4 heteroatoms. The summed E-state index contributed by atoms with van der Waals surface area (Å²) in [6.07, 6.45) is 0. The van der Waals surface area contributed by atoms with Gasteiger partial charge in [0.2, 0.25) is 0 Å². The smallest absolute Gasteiger partial charge is 0.344 e. The lowest BCUT2D eigenvalue weighted by Gasteiger charge is -2.12. The van der Waals surface area contributed by atoms with E-state index in [1.807, 2.05) is 54.6 Å². The third kappa shape index (κ3) is 2.95. The van der Waals surface area contributed by atoms with Gasteiger partial charge in [-0.15, -0.1) is 0 Å². The van der Waals surface area contributed by atoms with Gasteiger partial charge in [0.15, 0.2) is 0 Å². The Morgan fingerprint density at radius 2 is 1.16 bits per heavy atom. The number of rotatable bonds is 2. The highest BCUT2D eigenvalue weighted by atomic mass is 35.5. The molecule has 3 aromatic carbocycles. The second-order valence-corrected chi connectivity index (χ2v) is 6.52. The maximum atomic E-state index is 12.8. The SMILES string of the molecule is O=c1oc2ccccc2c(-c2ccc(Cl)cc2)c1-c1ccc(Cl)cc1. The first kappa shape index (κ1) is 15.9. The van der Waals surface area contributed by atoms with Crippen LogP contribution in [0, 0.1) is 0 Å². The van der Waals surface area contributed by atoms with Crippen LogP contribution in [-0.2, 0) is 0 Å². The number of hydrogen-bond donors (Lipinski definition) is 0. The van der Waals surface area contributed by atoms with Gasteiger partial charge < -0.3 is 4.42 Å². The van der Waals surface area contributed by atoms with Crippen molar-refractivity contribution in [3.05, 3.63) is 93.3 Å². The van der Waals surface area contributed by atoms with Crippen LogP contribution in [0.4, 0.5) is 0 Å². The van der Waals surface area contributed by atoms with Crippen LogP contribution in [0.1, 0.15) is 0 Å². The highest BCUT2D eigenvalue weighted by molar-refractivity contribution is 6.31. The molecule has 1 aromatic heterocycles. The Morgan fingerprint density at radius 1 is 0.640 bits per heavy atom. The van der Waals surface area contributed by atoms with Gasteiger partial charge in [-0.1, -0.05) is 65.7 Å². The zero-order chi connectivity index (χ0) is 17.4. The largest absolute Gasteiger partial charge is 0.422 e. The van der Waals surface area contributed by atoms with Crippen molar-refractivity contribution in [1.82, 2.24) is 0 Å². The number of fused-ring (bicyclic) bond motifs is 1. The van der Waals surface area contributed by atoms with Gasteiger partial charge in [-0.3, -0.25) is 0 Å². The van der Waals surface area contributed by atoms with Crippen molar-refractivity contribution < 1.29 is 4.42 Å². The highest BCUT2D eigenvalue weighted by Gasteiger charge is 2.17. The first-order valence-electron chi connectivity index (χ1n) is 7.71. The number of hydrogen-bond acceptors (Lipinski definition) is 2. The van der Waals surface area contributed by atoms with Crippen LogP contribution < -0.4 is 5.63 Å². The number of para-hydroxylation sites is 1. The van der Waals surface area contributed by atoms with E-state index in [0.717, 1.165) is 22.1 Å². The molecule has 0 N–H and O–H groups in total. The molecule has 0 aliphatic rings. The normalized spacial score (nSPS) is 11.0. The molecule has 0 aliphatic heterocycles. The molecule has 122 valence electrons. The van der Waals surface area contributed by atoms with E-state index in [1.54, 1.807) is 18.2 Å². The molecule has 0 unspecified atom stereocenters. The first-order chi connectivity index (χ1) is 12.1. The summed E-state index contributed by atoms with van der Waals surface area (Å²) in [4.78, 5) is 12.8. The average Bonchev–Trinajstić information content (AvgIpc) is 2.62. The van der Waals surface area contributed by atoms with Crippen molar-refractivity contribution in [1.29, 1.82) is 0 Å². The third-order valence-electron chi connectivity index (χ3n) is 4.08. The minimum Gasteiger partial charge on any atom is -0.422 e. The topological polar surface area (TPSA) is 30.2 Å². The quantitative estimate of drug-likeness (QED) is 0.382. The second-order valence-electron chi connectivity index (χ2n) is 5.65. The Labute approximate surface area is 154 Å². The average molecular weight is 367 g/mol. The summed E-state index contributed by atoms with van der Waals surface area (Å²) in [6.45, 7) is 0. The van der Waals surface area contributed by atoms with E-state index >= 15 is 0 Å². The summed E-state index contributed by atoms with van der Waals surface area (Å²) < 4.78 is 5.55. The van der Waals surface area contributed by atoms with Crippen LogP contribution in [0.2, 0.25) is 10.0 Å². The second kappa shape index (κ2) is 6.40. The molecule has 1 heterocycles. The fourth-order valence-electron chi connectivity index (χ4n) is 2.94. The standard InChI is InChI=1S/C21H12Cl2O2/c22-15-9-5-13(6-10-15)19-17-3-1-2-4-18(17)25-21(24)20(19)14-7-11-16(23)12-8-14/h1-12H. The van der Waals surface area contributed by atoms with Crippen LogP contribution in [0.15, 0.2) is 82.0 Å². The molecule has 0 atom stereocenters. The molecule has 2 nitrogen and oxygen atoms in total. The molecule has 25 heavy (non-hydrogen) atoms. The third-order valence-corrected chi connectivity index (χ3v) is 4.58. The minimum absolute atomic E-state index is 0.383. The molecule has 4 rings (SSSR count).